The summed E-state index contributed by atoms with van der Waals surface area (Å²) in [7, 11) is 0. The molecule has 0 radical (unpaired) electrons. The number of nitrogens with two attached hydrogens (primary N) is 1. The van der Waals surface area contributed by atoms with Crippen LogP contribution in [0.25, 0.3) is 0 Å². The van der Waals surface area contributed by atoms with Crippen LogP contribution in [-0.2, 0) is 0 Å². The van der Waals surface area contributed by atoms with Crippen LogP contribution in [0.3, 0.4) is 0 Å². The lowest BCUT2D eigenvalue weighted by molar-refractivity contribution is 0.663. The zero-order chi connectivity index (χ0) is 7.98. The first kappa shape index (κ1) is 9.50. The Morgan fingerprint density at radius 2 is 2.20 bits per heavy atom. The van der Waals surface area contributed by atoms with Crippen molar-refractivity contribution in [3.8, 4) is 0 Å². The fourth-order valence-electron chi connectivity index (χ4n) is 0.761. The van der Waals surface area contributed by atoms with E-state index in [0.29, 0.717) is 5.92 Å². The Labute approximate surface area is 63.5 Å². The highest BCUT2D eigenvalue weighted by molar-refractivity contribution is 5.00. The lowest BCUT2D eigenvalue weighted by atomic mass is 10.1. The normalized spacial score (nSPS) is 12.3. The Kier molecular flexibility index (Phi) is 5.03. The van der Waals surface area contributed by atoms with Gasteiger partial charge in [-0.1, -0.05) is 33.3 Å². The number of nitrogens with one attached hydrogen (secondary N) is 1. The van der Waals surface area contributed by atoms with Crippen LogP contribution in [-0.4, -0.2) is 0 Å². The standard InChI is InChI=1S/C8H18N2/c1-4-5-6-8(10-9)7(2)3/h6-7,10H,4-5,9H2,1-3H3/b8-6-. The predicted molar refractivity (Wildman–Crippen MR) is 45.2 cm³/mol. The highest BCUT2D eigenvalue weighted by atomic mass is 15.2. The zero-order valence-electron chi connectivity index (χ0n) is 7.15. The smallest absolute Gasteiger partial charge is 0.0244 e. The van der Waals surface area contributed by atoms with Crippen LogP contribution in [0.1, 0.15) is 33.6 Å². The average Bonchev–Trinajstić information content (AvgIpc) is 1.89. The van der Waals surface area contributed by atoms with Gasteiger partial charge in [0.25, 0.3) is 0 Å². The van der Waals surface area contributed by atoms with Gasteiger partial charge in [0.1, 0.15) is 0 Å². The lowest BCUT2D eigenvalue weighted by Crippen LogP contribution is -2.24. The van der Waals surface area contributed by atoms with Crippen LogP contribution >= 0.6 is 0 Å². The Morgan fingerprint density at radius 3 is 2.50 bits per heavy atom. The molecule has 0 bridgehead atoms. The minimum atomic E-state index is 0.511. The molecule has 0 heterocycles. The van der Waals surface area contributed by atoms with Gasteiger partial charge in [-0.3, -0.25) is 5.84 Å². The maximum atomic E-state index is 5.30. The summed E-state index contributed by atoms with van der Waals surface area (Å²) in [6, 6.07) is 0. The maximum Gasteiger partial charge on any atom is 0.0244 e. The SMILES string of the molecule is CCC/C=C(\NN)C(C)C. The van der Waals surface area contributed by atoms with Gasteiger partial charge >= 0.3 is 0 Å². The first-order chi connectivity index (χ1) is 4.72. The molecular weight excluding hydrogens is 124 g/mol. The minimum absolute atomic E-state index is 0.511. The van der Waals surface area contributed by atoms with Crippen molar-refractivity contribution in [3.05, 3.63) is 11.8 Å². The van der Waals surface area contributed by atoms with Crippen LogP contribution in [0.15, 0.2) is 11.8 Å². The van der Waals surface area contributed by atoms with E-state index in [0.717, 1.165) is 12.1 Å². The summed E-state index contributed by atoms with van der Waals surface area (Å²) in [6.45, 7) is 6.41. The predicted octanol–water partition coefficient (Wildman–Crippen LogP) is 1.79. The van der Waals surface area contributed by atoms with Gasteiger partial charge in [-0.15, -0.1) is 0 Å². The molecule has 10 heavy (non-hydrogen) atoms. The molecule has 0 aromatic carbocycles. The molecule has 0 unspecified atom stereocenters. The van der Waals surface area contributed by atoms with Crippen molar-refractivity contribution >= 4 is 0 Å². The maximum absolute atomic E-state index is 5.30. The lowest BCUT2D eigenvalue weighted by Gasteiger charge is -2.09. The monoisotopic (exact) mass is 142 g/mol. The molecule has 0 fully saturated rings. The number of hydrogen-bond donors (Lipinski definition) is 2. The molecular formula is C8H18N2. The van der Waals surface area contributed by atoms with Gasteiger partial charge in [0, 0.05) is 5.70 Å². The number of hydrazine groups is 1. The van der Waals surface area contributed by atoms with Crippen molar-refractivity contribution in [2.75, 3.05) is 0 Å². The molecule has 0 saturated carbocycles. The number of rotatable bonds is 4. The van der Waals surface area contributed by atoms with E-state index in [4.69, 9.17) is 5.84 Å². The molecule has 2 nitrogen and oxygen atoms in total. The fourth-order valence-corrected chi connectivity index (χ4v) is 0.761. The fraction of sp³-hybridized carbons (Fsp3) is 0.750. The third kappa shape index (κ3) is 3.51. The molecule has 60 valence electrons. The summed E-state index contributed by atoms with van der Waals surface area (Å²) in [5, 5.41) is 0. The topological polar surface area (TPSA) is 38.0 Å². The molecule has 0 saturated heterocycles. The van der Waals surface area contributed by atoms with Gasteiger partial charge in [-0.25, -0.2) is 0 Å². The van der Waals surface area contributed by atoms with Gasteiger partial charge in [0.15, 0.2) is 0 Å². The summed E-state index contributed by atoms with van der Waals surface area (Å²) in [6.07, 6.45) is 4.44. The molecule has 0 aromatic rings. The third-order valence-electron chi connectivity index (χ3n) is 1.44. The van der Waals surface area contributed by atoms with Crippen molar-refractivity contribution in [1.82, 2.24) is 5.43 Å². The van der Waals surface area contributed by atoms with E-state index in [-0.39, 0.29) is 0 Å². The van der Waals surface area contributed by atoms with Crippen LogP contribution in [0.5, 0.6) is 0 Å². The summed E-state index contributed by atoms with van der Waals surface area (Å²) in [5.74, 6) is 5.81. The van der Waals surface area contributed by atoms with E-state index in [2.05, 4.69) is 32.3 Å². The largest absolute Gasteiger partial charge is 0.328 e. The molecule has 0 aliphatic carbocycles. The van der Waals surface area contributed by atoms with E-state index in [9.17, 15) is 0 Å². The van der Waals surface area contributed by atoms with E-state index in [1.54, 1.807) is 0 Å². The van der Waals surface area contributed by atoms with Crippen molar-refractivity contribution < 1.29 is 0 Å². The number of allylic oxidation sites excluding steroid dienone is 2. The molecule has 2 heteroatoms. The van der Waals surface area contributed by atoms with Crippen molar-refractivity contribution in [3.63, 3.8) is 0 Å². The van der Waals surface area contributed by atoms with Gasteiger partial charge in [-0.05, 0) is 12.3 Å². The summed E-state index contributed by atoms with van der Waals surface area (Å²) < 4.78 is 0. The summed E-state index contributed by atoms with van der Waals surface area (Å²) in [4.78, 5) is 0. The average molecular weight is 142 g/mol. The Balaban J connectivity index is 3.79. The van der Waals surface area contributed by atoms with Crippen LogP contribution < -0.4 is 11.3 Å². The summed E-state index contributed by atoms with van der Waals surface area (Å²) in [5.41, 5.74) is 3.84. The Morgan fingerprint density at radius 1 is 1.60 bits per heavy atom. The molecule has 3 N–H and O–H groups in total. The molecule has 0 spiro atoms. The van der Waals surface area contributed by atoms with Crippen molar-refractivity contribution in [2.45, 2.75) is 33.6 Å². The summed E-state index contributed by atoms with van der Waals surface area (Å²) >= 11 is 0. The quantitative estimate of drug-likeness (QED) is 0.464. The molecule has 0 aromatic heterocycles. The van der Waals surface area contributed by atoms with E-state index in [1.165, 1.54) is 6.42 Å². The first-order valence-electron chi connectivity index (χ1n) is 3.89. The number of hydrogen-bond acceptors (Lipinski definition) is 2. The van der Waals surface area contributed by atoms with Gasteiger partial charge < -0.3 is 5.43 Å². The Bertz CT molecular complexity index is 106. The van der Waals surface area contributed by atoms with E-state index < -0.39 is 0 Å². The van der Waals surface area contributed by atoms with Gasteiger partial charge in [0.05, 0.1) is 0 Å². The molecule has 0 atom stereocenters. The third-order valence-corrected chi connectivity index (χ3v) is 1.44. The minimum Gasteiger partial charge on any atom is -0.328 e. The van der Waals surface area contributed by atoms with E-state index >= 15 is 0 Å². The highest BCUT2D eigenvalue weighted by Gasteiger charge is 1.97. The molecule has 0 aliphatic heterocycles. The van der Waals surface area contributed by atoms with Crippen LogP contribution in [0.2, 0.25) is 0 Å². The highest BCUT2D eigenvalue weighted by Crippen LogP contribution is 2.05. The number of unbranched alkanes of at least 4 members (excludes halogenated alkanes) is 1. The molecule has 0 rings (SSSR count). The van der Waals surface area contributed by atoms with Gasteiger partial charge in [-0.2, -0.15) is 0 Å². The molecule has 0 aliphatic rings. The molecule has 0 amide bonds. The van der Waals surface area contributed by atoms with Crippen molar-refractivity contribution in [1.29, 1.82) is 0 Å². The second-order valence-corrected chi connectivity index (χ2v) is 2.75. The van der Waals surface area contributed by atoms with Crippen molar-refractivity contribution in [2.24, 2.45) is 11.8 Å². The van der Waals surface area contributed by atoms with Gasteiger partial charge in [0.2, 0.25) is 0 Å². The Hall–Kier alpha value is -0.500. The first-order valence-corrected chi connectivity index (χ1v) is 3.89. The van der Waals surface area contributed by atoms with E-state index in [1.807, 2.05) is 0 Å². The second-order valence-electron chi connectivity index (χ2n) is 2.75. The van der Waals surface area contributed by atoms with Crippen LogP contribution in [0.4, 0.5) is 0 Å². The second kappa shape index (κ2) is 5.30. The van der Waals surface area contributed by atoms with Crippen LogP contribution in [0, 0.1) is 5.92 Å². The zero-order valence-corrected chi connectivity index (χ0v) is 7.15.